The Labute approximate surface area is 137 Å². The average molecular weight is 318 g/mol. The second-order valence-electron chi connectivity index (χ2n) is 6.08. The molecule has 1 fully saturated rings. The van der Waals surface area contributed by atoms with Crippen LogP contribution in [0.25, 0.3) is 0 Å². The lowest BCUT2D eigenvalue weighted by Crippen LogP contribution is -2.54. The number of anilines is 1. The summed E-state index contributed by atoms with van der Waals surface area (Å²) in [6.45, 7) is 7.40. The molecule has 126 valence electrons. The summed E-state index contributed by atoms with van der Waals surface area (Å²) in [6.07, 6.45) is 0.973. The van der Waals surface area contributed by atoms with E-state index in [9.17, 15) is 9.59 Å². The van der Waals surface area contributed by atoms with Crippen LogP contribution in [0.15, 0.2) is 24.3 Å². The zero-order valence-electron chi connectivity index (χ0n) is 14.1. The summed E-state index contributed by atoms with van der Waals surface area (Å²) in [5.41, 5.74) is 4.44. The molecule has 0 aliphatic carbocycles. The lowest BCUT2D eigenvalue weighted by atomic mass is 9.97. The summed E-state index contributed by atoms with van der Waals surface area (Å²) >= 11 is 0. The Balaban J connectivity index is 1.95. The molecule has 6 heteroatoms. The van der Waals surface area contributed by atoms with E-state index in [1.54, 1.807) is 5.01 Å². The minimum Gasteiger partial charge on any atom is -0.317 e. The maximum atomic E-state index is 12.2. The topological polar surface area (TPSA) is 64.7 Å². The van der Waals surface area contributed by atoms with E-state index in [1.807, 2.05) is 31.3 Å². The number of para-hydroxylation sites is 1. The number of amides is 2. The maximum Gasteiger partial charge on any atom is 0.323 e. The van der Waals surface area contributed by atoms with Gasteiger partial charge in [0.15, 0.2) is 0 Å². The van der Waals surface area contributed by atoms with Crippen molar-refractivity contribution in [3.63, 3.8) is 0 Å². The number of likely N-dealkylation sites (N-methyl/N-ethyl adjacent to an activating group) is 1. The Morgan fingerprint density at radius 3 is 2.43 bits per heavy atom. The van der Waals surface area contributed by atoms with Crippen LogP contribution in [0.1, 0.15) is 31.7 Å². The number of hydrogen-bond donors (Lipinski definition) is 2. The fourth-order valence-electron chi connectivity index (χ4n) is 2.55. The molecule has 1 aliphatic rings. The summed E-state index contributed by atoms with van der Waals surface area (Å²) in [5.74, 6) is -0.916. The molecule has 1 unspecified atom stereocenters. The van der Waals surface area contributed by atoms with E-state index >= 15 is 0 Å². The molecule has 0 bridgehead atoms. The van der Waals surface area contributed by atoms with Crippen LogP contribution in [0.5, 0.6) is 0 Å². The minimum atomic E-state index is -0.625. The van der Waals surface area contributed by atoms with Gasteiger partial charge in [-0.2, -0.15) is 0 Å². The number of nitrogens with zero attached hydrogens (tertiary/aromatic N) is 2. The van der Waals surface area contributed by atoms with Crippen LogP contribution in [0.2, 0.25) is 0 Å². The smallest absolute Gasteiger partial charge is 0.317 e. The highest BCUT2D eigenvalue weighted by Gasteiger charge is 2.21. The van der Waals surface area contributed by atoms with Gasteiger partial charge in [0.2, 0.25) is 0 Å². The van der Waals surface area contributed by atoms with E-state index in [4.69, 9.17) is 0 Å². The number of piperazine rings is 1. The van der Waals surface area contributed by atoms with Crippen molar-refractivity contribution in [2.24, 2.45) is 0 Å². The number of carbonyl (C=O) groups excluding carboxylic acids is 2. The predicted octanol–water partition coefficient (Wildman–Crippen LogP) is 1.42. The summed E-state index contributed by atoms with van der Waals surface area (Å²) in [4.78, 5) is 26.4. The maximum absolute atomic E-state index is 12.2. The first kappa shape index (κ1) is 17.4. The van der Waals surface area contributed by atoms with E-state index < -0.39 is 11.8 Å². The van der Waals surface area contributed by atoms with Crippen LogP contribution in [0.4, 0.5) is 5.69 Å². The van der Waals surface area contributed by atoms with Gasteiger partial charge in [-0.25, -0.2) is 5.01 Å². The molecule has 1 atom stereocenters. The monoisotopic (exact) mass is 318 g/mol. The average Bonchev–Trinajstić information content (AvgIpc) is 2.56. The zero-order chi connectivity index (χ0) is 16.8. The van der Waals surface area contributed by atoms with Crippen LogP contribution in [-0.2, 0) is 9.59 Å². The van der Waals surface area contributed by atoms with Gasteiger partial charge in [0.1, 0.15) is 0 Å². The number of hydrogen-bond acceptors (Lipinski definition) is 4. The van der Waals surface area contributed by atoms with Crippen LogP contribution >= 0.6 is 0 Å². The molecule has 0 radical (unpaired) electrons. The highest BCUT2D eigenvalue weighted by molar-refractivity contribution is 6.39. The molecule has 0 saturated carbocycles. The van der Waals surface area contributed by atoms with Crippen LogP contribution in [0, 0.1) is 0 Å². The molecule has 2 amide bonds. The van der Waals surface area contributed by atoms with E-state index in [1.165, 1.54) is 0 Å². The predicted molar refractivity (Wildman–Crippen MR) is 91.0 cm³/mol. The minimum absolute atomic E-state index is 0.326. The number of nitrogens with one attached hydrogen (secondary N) is 2. The van der Waals surface area contributed by atoms with Gasteiger partial charge in [0.25, 0.3) is 0 Å². The molecule has 0 aromatic heterocycles. The number of benzene rings is 1. The highest BCUT2D eigenvalue weighted by Crippen LogP contribution is 2.26. The number of carbonyl (C=O) groups is 2. The van der Waals surface area contributed by atoms with Crippen molar-refractivity contribution < 1.29 is 9.59 Å². The number of hydrazine groups is 1. The molecule has 1 heterocycles. The van der Waals surface area contributed by atoms with Gasteiger partial charge in [0, 0.05) is 31.9 Å². The van der Waals surface area contributed by atoms with E-state index in [-0.39, 0.29) is 0 Å². The molecular weight excluding hydrogens is 292 g/mol. The zero-order valence-corrected chi connectivity index (χ0v) is 14.1. The van der Waals surface area contributed by atoms with Crippen molar-refractivity contribution in [1.82, 2.24) is 15.3 Å². The quantitative estimate of drug-likeness (QED) is 0.824. The van der Waals surface area contributed by atoms with Gasteiger partial charge >= 0.3 is 11.8 Å². The van der Waals surface area contributed by atoms with Gasteiger partial charge < -0.3 is 10.2 Å². The van der Waals surface area contributed by atoms with Gasteiger partial charge in [-0.05, 0) is 31.0 Å². The molecule has 1 aliphatic heterocycles. The third-order valence-electron chi connectivity index (χ3n) is 4.32. The lowest BCUT2D eigenvalue weighted by molar-refractivity contribution is -0.139. The number of rotatable bonds is 4. The first-order chi connectivity index (χ1) is 11.0. The molecule has 1 saturated heterocycles. The van der Waals surface area contributed by atoms with Crippen LogP contribution < -0.4 is 10.7 Å². The normalized spacial score (nSPS) is 17.5. The van der Waals surface area contributed by atoms with Crippen LogP contribution in [-0.4, -0.2) is 54.9 Å². The fourth-order valence-corrected chi connectivity index (χ4v) is 2.55. The van der Waals surface area contributed by atoms with Crippen LogP contribution in [0.3, 0.4) is 0 Å². The van der Waals surface area contributed by atoms with Crippen molar-refractivity contribution in [2.75, 3.05) is 38.5 Å². The standard InChI is InChI=1S/C17H26N4O2/c1-4-13(2)14-7-5-6-8-15(14)18-16(22)17(23)19-21-11-9-20(3)10-12-21/h5-8,13H,4,9-12H2,1-3H3,(H,18,22)(H,19,23). The van der Waals surface area contributed by atoms with Crippen molar-refractivity contribution in [2.45, 2.75) is 26.2 Å². The van der Waals surface area contributed by atoms with Crippen molar-refractivity contribution in [3.8, 4) is 0 Å². The molecule has 0 spiro atoms. The van der Waals surface area contributed by atoms with E-state index in [0.29, 0.717) is 11.6 Å². The first-order valence-corrected chi connectivity index (χ1v) is 8.15. The summed E-state index contributed by atoms with van der Waals surface area (Å²) in [7, 11) is 2.04. The Morgan fingerprint density at radius 2 is 1.78 bits per heavy atom. The first-order valence-electron chi connectivity index (χ1n) is 8.15. The Bertz CT molecular complexity index is 553. The Hall–Kier alpha value is -1.92. The Kier molecular flexibility index (Phi) is 6.12. The van der Waals surface area contributed by atoms with Gasteiger partial charge in [-0.1, -0.05) is 32.0 Å². The Morgan fingerprint density at radius 1 is 1.13 bits per heavy atom. The molecule has 6 nitrogen and oxygen atoms in total. The van der Waals surface area contributed by atoms with E-state index in [2.05, 4.69) is 29.5 Å². The van der Waals surface area contributed by atoms with Gasteiger partial charge in [0.05, 0.1) is 0 Å². The third kappa shape index (κ3) is 4.77. The van der Waals surface area contributed by atoms with Gasteiger partial charge in [-0.3, -0.25) is 15.0 Å². The molecule has 1 aromatic carbocycles. The second kappa shape index (κ2) is 8.08. The highest BCUT2D eigenvalue weighted by atomic mass is 16.2. The summed E-state index contributed by atoms with van der Waals surface area (Å²) < 4.78 is 0. The van der Waals surface area contributed by atoms with Crippen molar-refractivity contribution >= 4 is 17.5 Å². The largest absolute Gasteiger partial charge is 0.323 e. The molecule has 2 rings (SSSR count). The second-order valence-corrected chi connectivity index (χ2v) is 6.08. The lowest BCUT2D eigenvalue weighted by Gasteiger charge is -2.32. The SMILES string of the molecule is CCC(C)c1ccccc1NC(=O)C(=O)NN1CCN(C)CC1. The molecule has 23 heavy (non-hydrogen) atoms. The van der Waals surface area contributed by atoms with E-state index in [0.717, 1.165) is 38.2 Å². The fraction of sp³-hybridized carbons (Fsp3) is 0.529. The third-order valence-corrected chi connectivity index (χ3v) is 4.32. The molecule has 2 N–H and O–H groups in total. The van der Waals surface area contributed by atoms with Gasteiger partial charge in [-0.15, -0.1) is 0 Å². The van der Waals surface area contributed by atoms with Crippen molar-refractivity contribution in [1.29, 1.82) is 0 Å². The molecule has 1 aromatic rings. The summed E-state index contributed by atoms with van der Waals surface area (Å²) in [6, 6.07) is 7.63. The summed E-state index contributed by atoms with van der Waals surface area (Å²) in [5, 5.41) is 4.53. The molecular formula is C17H26N4O2. The van der Waals surface area contributed by atoms with Crippen molar-refractivity contribution in [3.05, 3.63) is 29.8 Å².